The van der Waals surface area contributed by atoms with E-state index in [0.29, 0.717) is 6.54 Å². The predicted octanol–water partition coefficient (Wildman–Crippen LogP) is 1.63. The fraction of sp³-hybridized carbons (Fsp3) is 0.200. The van der Waals surface area contributed by atoms with Crippen molar-refractivity contribution in [1.29, 1.82) is 0 Å². The molecule has 2 rings (SSSR count). The molecule has 0 radical (unpaired) electrons. The van der Waals surface area contributed by atoms with E-state index in [4.69, 9.17) is 5.11 Å². The Balaban J connectivity index is 2.13. The smallest absolute Gasteiger partial charge is 0.318 e. The number of rotatable bonds is 2. The fourth-order valence-corrected chi connectivity index (χ4v) is 2.18. The summed E-state index contributed by atoms with van der Waals surface area (Å²) in [5.74, 6) is -0.787. The summed E-state index contributed by atoms with van der Waals surface area (Å²) in [7, 11) is 0. The molecule has 14 heavy (non-hydrogen) atoms. The van der Waals surface area contributed by atoms with E-state index >= 15 is 0 Å². The minimum absolute atomic E-state index is 0.379. The van der Waals surface area contributed by atoms with Crippen molar-refractivity contribution in [2.24, 2.45) is 4.99 Å². The molecule has 0 aliphatic carbocycles. The normalized spacial score (nSPS) is 20.6. The lowest BCUT2D eigenvalue weighted by Crippen LogP contribution is -2.16. The highest BCUT2D eigenvalue weighted by atomic mass is 32.2. The minimum Gasteiger partial charge on any atom is -0.480 e. The van der Waals surface area contributed by atoms with Crippen LogP contribution in [0.4, 0.5) is 0 Å². The number of carboxylic acid groups (broad SMARTS) is 1. The highest BCUT2D eigenvalue weighted by Gasteiger charge is 2.26. The molecule has 1 aliphatic heterocycles. The van der Waals surface area contributed by atoms with Crippen molar-refractivity contribution in [2.45, 2.75) is 5.25 Å². The largest absolute Gasteiger partial charge is 0.480 e. The number of nitrogens with zero attached hydrogens (tertiary/aromatic N) is 1. The number of benzene rings is 1. The summed E-state index contributed by atoms with van der Waals surface area (Å²) in [6.07, 6.45) is 0. The van der Waals surface area contributed by atoms with Crippen LogP contribution in [0, 0.1) is 0 Å². The van der Waals surface area contributed by atoms with Gasteiger partial charge in [-0.15, -0.1) is 0 Å². The molecule has 0 fully saturated rings. The van der Waals surface area contributed by atoms with Crippen LogP contribution in [0.3, 0.4) is 0 Å². The van der Waals surface area contributed by atoms with E-state index in [1.807, 2.05) is 30.3 Å². The van der Waals surface area contributed by atoms with Crippen molar-refractivity contribution in [3.63, 3.8) is 0 Å². The molecule has 1 N–H and O–H groups in total. The molecule has 0 bridgehead atoms. The van der Waals surface area contributed by atoms with Crippen molar-refractivity contribution >= 4 is 22.8 Å². The lowest BCUT2D eigenvalue weighted by Gasteiger charge is -2.01. The van der Waals surface area contributed by atoms with E-state index in [0.717, 1.165) is 10.6 Å². The first-order chi connectivity index (χ1) is 6.77. The highest BCUT2D eigenvalue weighted by Crippen LogP contribution is 2.25. The van der Waals surface area contributed by atoms with Crippen molar-refractivity contribution < 1.29 is 9.90 Å². The molecule has 1 aromatic rings. The van der Waals surface area contributed by atoms with Gasteiger partial charge < -0.3 is 5.11 Å². The zero-order valence-corrected chi connectivity index (χ0v) is 8.20. The number of hydrogen-bond donors (Lipinski definition) is 1. The van der Waals surface area contributed by atoms with Crippen LogP contribution in [-0.4, -0.2) is 27.9 Å². The average molecular weight is 207 g/mol. The van der Waals surface area contributed by atoms with Crippen LogP contribution in [0.25, 0.3) is 0 Å². The Morgan fingerprint density at radius 3 is 2.71 bits per heavy atom. The maximum atomic E-state index is 10.7. The molecule has 0 amide bonds. The minimum atomic E-state index is -0.787. The quantitative estimate of drug-likeness (QED) is 0.802. The number of aliphatic imine (C=N–C) groups is 1. The molecule has 3 nitrogen and oxygen atoms in total. The SMILES string of the molecule is O=C(O)[C@H]1CN=C(c2ccccc2)S1. The molecule has 0 aromatic heterocycles. The Hall–Kier alpha value is -1.29. The molecule has 0 saturated carbocycles. The second-order valence-electron chi connectivity index (χ2n) is 2.96. The van der Waals surface area contributed by atoms with E-state index in [-0.39, 0.29) is 0 Å². The van der Waals surface area contributed by atoms with Gasteiger partial charge in [-0.2, -0.15) is 0 Å². The first-order valence-electron chi connectivity index (χ1n) is 4.26. The van der Waals surface area contributed by atoms with E-state index in [9.17, 15) is 4.79 Å². The second-order valence-corrected chi connectivity index (χ2v) is 4.15. The first kappa shape index (κ1) is 9.27. The summed E-state index contributed by atoms with van der Waals surface area (Å²) in [6, 6.07) is 9.66. The standard InChI is InChI=1S/C10H9NO2S/c12-10(13)8-6-11-9(14-8)7-4-2-1-3-5-7/h1-5,8H,6H2,(H,12,13)/t8-/m1/s1. The summed E-state index contributed by atoms with van der Waals surface area (Å²) in [5.41, 5.74) is 1.00. The number of thioether (sulfide) groups is 1. The van der Waals surface area contributed by atoms with Crippen LogP contribution in [-0.2, 0) is 4.79 Å². The fourth-order valence-electron chi connectivity index (χ4n) is 1.24. The average Bonchev–Trinajstić information content (AvgIpc) is 2.68. The van der Waals surface area contributed by atoms with Crippen molar-refractivity contribution in [3.8, 4) is 0 Å². The Morgan fingerprint density at radius 1 is 1.43 bits per heavy atom. The molecule has 0 saturated heterocycles. The van der Waals surface area contributed by atoms with Crippen molar-refractivity contribution in [1.82, 2.24) is 0 Å². The van der Waals surface area contributed by atoms with Crippen LogP contribution in [0.5, 0.6) is 0 Å². The summed E-state index contributed by atoms with van der Waals surface area (Å²) < 4.78 is 0. The van der Waals surface area contributed by atoms with Gasteiger partial charge in [0.15, 0.2) is 0 Å². The number of carboxylic acids is 1. The van der Waals surface area contributed by atoms with Gasteiger partial charge in [0.25, 0.3) is 0 Å². The van der Waals surface area contributed by atoms with E-state index in [1.165, 1.54) is 11.8 Å². The van der Waals surface area contributed by atoms with E-state index in [2.05, 4.69) is 4.99 Å². The maximum Gasteiger partial charge on any atom is 0.318 e. The van der Waals surface area contributed by atoms with Gasteiger partial charge in [-0.05, 0) is 0 Å². The lowest BCUT2D eigenvalue weighted by atomic mass is 10.2. The van der Waals surface area contributed by atoms with Crippen LogP contribution < -0.4 is 0 Å². The van der Waals surface area contributed by atoms with Gasteiger partial charge >= 0.3 is 5.97 Å². The number of carbonyl (C=O) groups is 1. The summed E-state index contributed by atoms with van der Waals surface area (Å²) in [6.45, 7) is 0.379. The zero-order chi connectivity index (χ0) is 9.97. The predicted molar refractivity (Wildman–Crippen MR) is 56.9 cm³/mol. The molecule has 1 atom stereocenters. The van der Waals surface area contributed by atoms with Gasteiger partial charge in [-0.3, -0.25) is 9.79 Å². The van der Waals surface area contributed by atoms with E-state index < -0.39 is 11.2 Å². The van der Waals surface area contributed by atoms with Gasteiger partial charge in [0.1, 0.15) is 5.25 Å². The summed E-state index contributed by atoms with van der Waals surface area (Å²) in [4.78, 5) is 14.9. The third-order valence-corrected chi connectivity index (χ3v) is 3.17. The molecular formula is C10H9NO2S. The van der Waals surface area contributed by atoms with Gasteiger partial charge in [-0.1, -0.05) is 42.1 Å². The van der Waals surface area contributed by atoms with Gasteiger partial charge in [-0.25, -0.2) is 0 Å². The van der Waals surface area contributed by atoms with Gasteiger partial charge in [0.2, 0.25) is 0 Å². The molecule has 72 valence electrons. The Bertz CT molecular complexity index is 375. The molecule has 1 aromatic carbocycles. The summed E-state index contributed by atoms with van der Waals surface area (Å²) in [5, 5.41) is 9.20. The Labute approximate surface area is 85.9 Å². The van der Waals surface area contributed by atoms with Crippen LogP contribution >= 0.6 is 11.8 Å². The maximum absolute atomic E-state index is 10.7. The molecular weight excluding hydrogens is 198 g/mol. The number of aliphatic carboxylic acids is 1. The van der Waals surface area contributed by atoms with Gasteiger partial charge in [0.05, 0.1) is 11.6 Å². The first-order valence-corrected chi connectivity index (χ1v) is 5.14. The Morgan fingerprint density at radius 2 is 2.14 bits per heavy atom. The number of hydrogen-bond acceptors (Lipinski definition) is 3. The second kappa shape index (κ2) is 3.84. The van der Waals surface area contributed by atoms with Crippen LogP contribution in [0.2, 0.25) is 0 Å². The summed E-state index contributed by atoms with van der Waals surface area (Å²) >= 11 is 1.32. The molecule has 0 spiro atoms. The molecule has 1 aliphatic rings. The van der Waals surface area contributed by atoms with Crippen molar-refractivity contribution in [2.75, 3.05) is 6.54 Å². The molecule has 1 heterocycles. The third-order valence-electron chi connectivity index (χ3n) is 1.95. The lowest BCUT2D eigenvalue weighted by molar-refractivity contribution is -0.136. The monoisotopic (exact) mass is 207 g/mol. The highest BCUT2D eigenvalue weighted by molar-refractivity contribution is 8.15. The topological polar surface area (TPSA) is 49.7 Å². The van der Waals surface area contributed by atoms with E-state index in [1.54, 1.807) is 0 Å². The third kappa shape index (κ3) is 1.80. The van der Waals surface area contributed by atoms with Crippen molar-refractivity contribution in [3.05, 3.63) is 35.9 Å². The van der Waals surface area contributed by atoms with Crippen LogP contribution in [0.15, 0.2) is 35.3 Å². The van der Waals surface area contributed by atoms with Crippen LogP contribution in [0.1, 0.15) is 5.56 Å². The molecule has 4 heteroatoms. The zero-order valence-electron chi connectivity index (χ0n) is 7.38. The molecule has 0 unspecified atom stereocenters. The Kier molecular flexibility index (Phi) is 2.54. The van der Waals surface area contributed by atoms with Gasteiger partial charge in [0, 0.05) is 5.56 Å².